The molecule has 3 aromatic rings. The van der Waals surface area contributed by atoms with E-state index in [0.29, 0.717) is 22.6 Å². The van der Waals surface area contributed by atoms with Crippen molar-refractivity contribution in [2.24, 2.45) is 0 Å². The second-order valence-corrected chi connectivity index (χ2v) is 4.17. The quantitative estimate of drug-likeness (QED) is 0.737. The van der Waals surface area contributed by atoms with Crippen LogP contribution < -0.4 is 0 Å². The standard InChI is InChI=1S/C15H10F2N2/c16-12-5-1-3-10(7-12)14-9-18-15(19-14)11-4-2-6-13(17)8-11/h1-9H,(H,18,19). The van der Waals surface area contributed by atoms with Crippen molar-refractivity contribution in [1.82, 2.24) is 9.97 Å². The average molecular weight is 256 g/mol. The van der Waals surface area contributed by atoms with Gasteiger partial charge in [-0.15, -0.1) is 0 Å². The van der Waals surface area contributed by atoms with E-state index in [1.807, 2.05) is 0 Å². The van der Waals surface area contributed by atoms with Crippen molar-refractivity contribution >= 4 is 0 Å². The molecule has 2 nitrogen and oxygen atoms in total. The van der Waals surface area contributed by atoms with Gasteiger partial charge in [0.1, 0.15) is 17.5 Å². The van der Waals surface area contributed by atoms with Gasteiger partial charge in [0.15, 0.2) is 0 Å². The fraction of sp³-hybridized carbons (Fsp3) is 0. The fourth-order valence-electron chi connectivity index (χ4n) is 1.91. The van der Waals surface area contributed by atoms with E-state index in [4.69, 9.17) is 0 Å². The highest BCUT2D eigenvalue weighted by molar-refractivity contribution is 5.64. The average Bonchev–Trinajstić information content (AvgIpc) is 2.88. The predicted molar refractivity (Wildman–Crippen MR) is 69.4 cm³/mol. The second-order valence-electron chi connectivity index (χ2n) is 4.17. The van der Waals surface area contributed by atoms with Crippen LogP contribution in [0.2, 0.25) is 0 Å². The first-order valence-corrected chi connectivity index (χ1v) is 5.79. The molecule has 1 N–H and O–H groups in total. The molecule has 0 aliphatic heterocycles. The smallest absolute Gasteiger partial charge is 0.137 e. The molecule has 0 saturated carbocycles. The summed E-state index contributed by atoms with van der Waals surface area (Å²) in [4.78, 5) is 7.24. The summed E-state index contributed by atoms with van der Waals surface area (Å²) in [6, 6.07) is 12.4. The van der Waals surface area contributed by atoms with Gasteiger partial charge in [0.25, 0.3) is 0 Å². The van der Waals surface area contributed by atoms with Crippen LogP contribution in [0.4, 0.5) is 8.78 Å². The lowest BCUT2D eigenvalue weighted by Crippen LogP contribution is -1.83. The van der Waals surface area contributed by atoms with Crippen molar-refractivity contribution in [3.63, 3.8) is 0 Å². The summed E-state index contributed by atoms with van der Waals surface area (Å²) in [6.45, 7) is 0. The molecule has 3 rings (SSSR count). The minimum Gasteiger partial charge on any atom is -0.338 e. The monoisotopic (exact) mass is 256 g/mol. The van der Waals surface area contributed by atoms with Crippen molar-refractivity contribution in [3.8, 4) is 22.6 Å². The molecule has 0 bridgehead atoms. The number of nitrogens with one attached hydrogen (secondary N) is 1. The summed E-state index contributed by atoms with van der Waals surface area (Å²) >= 11 is 0. The first kappa shape index (κ1) is 11.6. The number of rotatable bonds is 2. The maximum Gasteiger partial charge on any atom is 0.137 e. The molecular weight excluding hydrogens is 246 g/mol. The van der Waals surface area contributed by atoms with Crippen molar-refractivity contribution in [3.05, 3.63) is 66.4 Å². The Bertz CT molecular complexity index is 659. The van der Waals surface area contributed by atoms with Gasteiger partial charge in [-0.2, -0.15) is 0 Å². The minimum absolute atomic E-state index is 0.306. The van der Waals surface area contributed by atoms with Gasteiger partial charge in [-0.1, -0.05) is 24.3 Å². The van der Waals surface area contributed by atoms with Crippen LogP contribution in [0.1, 0.15) is 0 Å². The molecule has 0 amide bonds. The van der Waals surface area contributed by atoms with E-state index in [0.717, 1.165) is 0 Å². The third kappa shape index (κ3) is 2.38. The maximum atomic E-state index is 13.2. The molecule has 0 radical (unpaired) electrons. The molecule has 1 heterocycles. The number of halogens is 2. The van der Waals surface area contributed by atoms with E-state index in [1.54, 1.807) is 30.5 Å². The van der Waals surface area contributed by atoms with E-state index in [-0.39, 0.29) is 11.6 Å². The molecular formula is C15H10F2N2. The molecule has 0 aliphatic carbocycles. The van der Waals surface area contributed by atoms with Crippen LogP contribution in [-0.2, 0) is 0 Å². The fourth-order valence-corrected chi connectivity index (χ4v) is 1.91. The van der Waals surface area contributed by atoms with Gasteiger partial charge in [0.05, 0.1) is 11.9 Å². The largest absolute Gasteiger partial charge is 0.338 e. The van der Waals surface area contributed by atoms with E-state index in [9.17, 15) is 8.78 Å². The van der Waals surface area contributed by atoms with Gasteiger partial charge < -0.3 is 4.98 Å². The number of hydrogen-bond donors (Lipinski definition) is 1. The zero-order valence-corrected chi connectivity index (χ0v) is 9.90. The molecule has 94 valence electrons. The topological polar surface area (TPSA) is 28.7 Å². The Hall–Kier alpha value is -2.49. The second kappa shape index (κ2) is 4.65. The Balaban J connectivity index is 2.00. The molecule has 0 aliphatic rings. The molecule has 0 atom stereocenters. The lowest BCUT2D eigenvalue weighted by molar-refractivity contribution is 0.628. The summed E-state index contributed by atoms with van der Waals surface area (Å²) in [6.07, 6.45) is 1.61. The van der Waals surface area contributed by atoms with Gasteiger partial charge >= 0.3 is 0 Å². The third-order valence-electron chi connectivity index (χ3n) is 2.81. The van der Waals surface area contributed by atoms with Crippen molar-refractivity contribution in [2.75, 3.05) is 0 Å². The summed E-state index contributed by atoms with van der Waals surface area (Å²) in [5, 5.41) is 0. The SMILES string of the molecule is Fc1cccc(-c2cnc(-c3cccc(F)c3)[nH]2)c1. The normalized spacial score (nSPS) is 10.6. The van der Waals surface area contributed by atoms with Crippen molar-refractivity contribution in [2.45, 2.75) is 0 Å². The van der Waals surface area contributed by atoms with Crippen LogP contribution >= 0.6 is 0 Å². The van der Waals surface area contributed by atoms with Gasteiger partial charge in [-0.05, 0) is 24.3 Å². The minimum atomic E-state index is -0.318. The van der Waals surface area contributed by atoms with Gasteiger partial charge in [-0.3, -0.25) is 0 Å². The molecule has 0 unspecified atom stereocenters. The Labute approximate surface area is 108 Å². The number of benzene rings is 2. The summed E-state index contributed by atoms with van der Waals surface area (Å²) in [7, 11) is 0. The van der Waals surface area contributed by atoms with Gasteiger partial charge in [0, 0.05) is 11.1 Å². The summed E-state index contributed by atoms with van der Waals surface area (Å²) in [5.74, 6) is -0.0700. The van der Waals surface area contributed by atoms with E-state index >= 15 is 0 Å². The Morgan fingerprint density at radius 3 is 2.16 bits per heavy atom. The van der Waals surface area contributed by atoms with Crippen LogP contribution in [0.3, 0.4) is 0 Å². The number of imidazole rings is 1. The molecule has 4 heteroatoms. The van der Waals surface area contributed by atoms with Crippen LogP contribution in [0.25, 0.3) is 22.6 Å². The molecule has 2 aromatic carbocycles. The Kier molecular flexibility index (Phi) is 2.83. The lowest BCUT2D eigenvalue weighted by atomic mass is 10.2. The number of hydrogen-bond acceptors (Lipinski definition) is 1. The van der Waals surface area contributed by atoms with Crippen LogP contribution in [0, 0.1) is 11.6 Å². The molecule has 0 spiro atoms. The molecule has 19 heavy (non-hydrogen) atoms. The highest BCUT2D eigenvalue weighted by Crippen LogP contribution is 2.22. The Morgan fingerprint density at radius 1 is 0.842 bits per heavy atom. The first-order chi connectivity index (χ1) is 9.22. The van der Waals surface area contributed by atoms with Crippen LogP contribution in [0.5, 0.6) is 0 Å². The van der Waals surface area contributed by atoms with Crippen LogP contribution in [0.15, 0.2) is 54.7 Å². The zero-order valence-electron chi connectivity index (χ0n) is 9.90. The summed E-state index contributed by atoms with van der Waals surface area (Å²) in [5.41, 5.74) is 2.05. The van der Waals surface area contributed by atoms with E-state index < -0.39 is 0 Å². The third-order valence-corrected chi connectivity index (χ3v) is 2.81. The number of H-pyrrole nitrogens is 1. The predicted octanol–water partition coefficient (Wildman–Crippen LogP) is 4.02. The molecule has 1 aromatic heterocycles. The van der Waals surface area contributed by atoms with Gasteiger partial charge in [-0.25, -0.2) is 13.8 Å². The van der Waals surface area contributed by atoms with E-state index in [2.05, 4.69) is 9.97 Å². The van der Waals surface area contributed by atoms with Crippen molar-refractivity contribution in [1.29, 1.82) is 0 Å². The number of nitrogens with zero attached hydrogens (tertiary/aromatic N) is 1. The first-order valence-electron chi connectivity index (χ1n) is 5.79. The van der Waals surface area contributed by atoms with Crippen molar-refractivity contribution < 1.29 is 8.78 Å². The lowest BCUT2D eigenvalue weighted by Gasteiger charge is -1.98. The highest BCUT2D eigenvalue weighted by Gasteiger charge is 2.06. The van der Waals surface area contributed by atoms with Gasteiger partial charge in [0.2, 0.25) is 0 Å². The Morgan fingerprint density at radius 2 is 1.47 bits per heavy atom. The summed E-state index contributed by atoms with van der Waals surface area (Å²) < 4.78 is 26.3. The number of aromatic amines is 1. The molecule has 0 fully saturated rings. The molecule has 0 saturated heterocycles. The zero-order chi connectivity index (χ0) is 13.2. The highest BCUT2D eigenvalue weighted by atomic mass is 19.1. The maximum absolute atomic E-state index is 13.2. The van der Waals surface area contributed by atoms with E-state index in [1.165, 1.54) is 24.3 Å². The van der Waals surface area contributed by atoms with Crippen LogP contribution in [-0.4, -0.2) is 9.97 Å². The number of aromatic nitrogens is 2.